The van der Waals surface area contributed by atoms with Gasteiger partial charge >= 0.3 is 0 Å². The first kappa shape index (κ1) is 22.4. The molecule has 0 bridgehead atoms. The van der Waals surface area contributed by atoms with Crippen LogP contribution in [0.1, 0.15) is 16.7 Å². The Morgan fingerprint density at radius 2 is 0.962 bits per heavy atom. The molecule has 1 aromatic carbocycles. The van der Waals surface area contributed by atoms with Crippen LogP contribution in [0.2, 0.25) is 58.9 Å². The van der Waals surface area contributed by atoms with Crippen molar-refractivity contribution in [3.63, 3.8) is 0 Å². The van der Waals surface area contributed by atoms with Crippen molar-refractivity contribution in [3.8, 4) is 40.1 Å². The monoisotopic (exact) mass is 396 g/mol. The van der Waals surface area contributed by atoms with E-state index in [0.29, 0.717) is 0 Å². The smallest absolute Gasteiger partial charge is 0.150 e. The summed E-state index contributed by atoms with van der Waals surface area (Å²) >= 11 is 0. The Balaban J connectivity index is 3.66. The van der Waals surface area contributed by atoms with E-state index in [4.69, 9.17) is 4.74 Å². The molecule has 0 N–H and O–H groups in total. The van der Waals surface area contributed by atoms with E-state index >= 15 is 0 Å². The summed E-state index contributed by atoms with van der Waals surface area (Å²) in [5.41, 5.74) is 13.1. The van der Waals surface area contributed by atoms with E-state index in [-0.39, 0.29) is 0 Å². The molecular weight excluding hydrogens is 364 g/mol. The zero-order valence-corrected chi connectivity index (χ0v) is 21.1. The average molecular weight is 397 g/mol. The Morgan fingerprint density at radius 3 is 1.27 bits per heavy atom. The molecule has 0 atom stereocenters. The highest BCUT2D eigenvalue weighted by Crippen LogP contribution is 2.25. The van der Waals surface area contributed by atoms with Gasteiger partial charge in [-0.2, -0.15) is 0 Å². The number of methoxy groups -OCH3 is 1. The fraction of sp³-hybridized carbons (Fsp3) is 0.455. The second-order valence-electron chi connectivity index (χ2n) is 9.60. The van der Waals surface area contributed by atoms with E-state index < -0.39 is 24.2 Å². The normalized spacial score (nSPS) is 11.3. The topological polar surface area (TPSA) is 9.23 Å². The molecule has 138 valence electrons. The second-order valence-corrected chi connectivity index (χ2v) is 23.9. The predicted molar refractivity (Wildman–Crippen MR) is 124 cm³/mol. The summed E-state index contributed by atoms with van der Waals surface area (Å²) in [5, 5.41) is 0. The maximum atomic E-state index is 5.69. The van der Waals surface area contributed by atoms with Gasteiger partial charge in [0.05, 0.1) is 18.2 Å². The Labute approximate surface area is 164 Å². The summed E-state index contributed by atoms with van der Waals surface area (Å²) in [6.07, 6.45) is 0. The summed E-state index contributed by atoms with van der Waals surface area (Å²) in [6, 6.07) is 4.11. The summed E-state index contributed by atoms with van der Waals surface area (Å²) in [5.74, 6) is 10.8. The summed E-state index contributed by atoms with van der Waals surface area (Å²) in [4.78, 5) is 0. The zero-order valence-electron chi connectivity index (χ0n) is 18.1. The summed E-state index contributed by atoms with van der Waals surface area (Å²) in [7, 11) is -2.71. The minimum atomic E-state index is -1.48. The van der Waals surface area contributed by atoms with Crippen LogP contribution >= 0.6 is 0 Å². The van der Waals surface area contributed by atoms with Gasteiger partial charge in [0, 0.05) is 5.56 Å². The molecule has 0 heterocycles. The molecule has 1 nitrogen and oxygen atoms in total. The first-order valence-corrected chi connectivity index (χ1v) is 19.5. The molecule has 0 aliphatic carbocycles. The van der Waals surface area contributed by atoms with Crippen LogP contribution in [0, 0.1) is 34.4 Å². The zero-order chi connectivity index (χ0) is 20.2. The highest BCUT2D eigenvalue weighted by atomic mass is 28.3. The van der Waals surface area contributed by atoms with Crippen molar-refractivity contribution in [1.82, 2.24) is 0 Å². The molecule has 0 aromatic heterocycles. The Kier molecular flexibility index (Phi) is 7.20. The molecule has 0 spiro atoms. The lowest BCUT2D eigenvalue weighted by Gasteiger charge is -2.10. The van der Waals surface area contributed by atoms with Gasteiger partial charge in [0.15, 0.2) is 0 Å². The summed E-state index contributed by atoms with van der Waals surface area (Å²) < 4.78 is 5.69. The van der Waals surface area contributed by atoms with Crippen molar-refractivity contribution in [2.75, 3.05) is 7.11 Å². The Hall–Kier alpha value is -1.65. The van der Waals surface area contributed by atoms with Crippen LogP contribution in [0.25, 0.3) is 0 Å². The molecule has 0 saturated heterocycles. The van der Waals surface area contributed by atoms with Crippen LogP contribution < -0.4 is 4.74 Å². The molecule has 0 amide bonds. The van der Waals surface area contributed by atoms with Gasteiger partial charge in [-0.15, -0.1) is 16.6 Å². The SMILES string of the molecule is COc1c(C#C[Si](C)(C)C)cc(C#C[Si](C)(C)C)cc1C#C[Si](C)(C)C. The van der Waals surface area contributed by atoms with E-state index in [9.17, 15) is 0 Å². The standard InChI is InChI=1S/C22H32OSi3/c1-23-22-20(12-15-25(5,6)7)17-19(11-14-24(2,3)4)18-21(22)13-16-26(8,9)10/h17-18H,1-10H3. The highest BCUT2D eigenvalue weighted by molar-refractivity contribution is 6.84. The van der Waals surface area contributed by atoms with Crippen LogP contribution in [0.15, 0.2) is 12.1 Å². The highest BCUT2D eigenvalue weighted by Gasteiger charge is 2.13. The summed E-state index contributed by atoms with van der Waals surface area (Å²) in [6.45, 7) is 20.2. The maximum Gasteiger partial charge on any atom is 0.150 e. The van der Waals surface area contributed by atoms with Crippen LogP contribution in [0.4, 0.5) is 0 Å². The Morgan fingerprint density at radius 1 is 0.615 bits per heavy atom. The Bertz CT molecular complexity index is 790. The lowest BCUT2D eigenvalue weighted by molar-refractivity contribution is 0.412. The van der Waals surface area contributed by atoms with Gasteiger partial charge in [-0.25, -0.2) is 0 Å². The molecule has 26 heavy (non-hydrogen) atoms. The third-order valence-electron chi connectivity index (χ3n) is 3.02. The van der Waals surface area contributed by atoms with Crippen LogP contribution in [0.5, 0.6) is 5.75 Å². The number of benzene rings is 1. The van der Waals surface area contributed by atoms with Crippen molar-refractivity contribution in [1.29, 1.82) is 0 Å². The molecule has 0 saturated carbocycles. The largest absolute Gasteiger partial charge is 0.494 e. The van der Waals surface area contributed by atoms with Crippen molar-refractivity contribution < 1.29 is 4.74 Å². The van der Waals surface area contributed by atoms with E-state index in [0.717, 1.165) is 22.4 Å². The molecule has 0 unspecified atom stereocenters. The van der Waals surface area contributed by atoms with Gasteiger partial charge in [-0.05, 0) is 12.1 Å². The van der Waals surface area contributed by atoms with Gasteiger partial charge < -0.3 is 4.74 Å². The van der Waals surface area contributed by atoms with E-state index in [2.05, 4.69) is 105 Å². The van der Waals surface area contributed by atoms with E-state index in [1.807, 2.05) is 0 Å². The van der Waals surface area contributed by atoms with Gasteiger partial charge in [0.25, 0.3) is 0 Å². The molecule has 0 aliphatic heterocycles. The first-order valence-electron chi connectivity index (χ1n) is 9.02. The minimum absolute atomic E-state index is 0.778. The van der Waals surface area contributed by atoms with Gasteiger partial charge in [0.1, 0.15) is 30.0 Å². The third kappa shape index (κ3) is 8.63. The molecule has 1 rings (SSSR count). The van der Waals surface area contributed by atoms with Crippen molar-refractivity contribution in [3.05, 3.63) is 28.8 Å². The van der Waals surface area contributed by atoms with E-state index in [1.54, 1.807) is 7.11 Å². The second kappa shape index (κ2) is 8.36. The minimum Gasteiger partial charge on any atom is -0.494 e. The molecule has 1 aromatic rings. The fourth-order valence-electron chi connectivity index (χ4n) is 1.88. The number of ether oxygens (including phenoxy) is 1. The van der Waals surface area contributed by atoms with Crippen LogP contribution in [0.3, 0.4) is 0 Å². The molecular formula is C22H32OSi3. The molecule has 0 radical (unpaired) electrons. The number of hydrogen-bond acceptors (Lipinski definition) is 1. The quantitative estimate of drug-likeness (QED) is 0.457. The van der Waals surface area contributed by atoms with Gasteiger partial charge in [0.2, 0.25) is 0 Å². The van der Waals surface area contributed by atoms with Crippen LogP contribution in [-0.4, -0.2) is 31.3 Å². The fourth-order valence-corrected chi connectivity index (χ4v) is 3.41. The predicted octanol–water partition coefficient (Wildman–Crippen LogP) is 5.38. The van der Waals surface area contributed by atoms with Crippen molar-refractivity contribution >= 4 is 24.2 Å². The lowest BCUT2D eigenvalue weighted by atomic mass is 10.0. The third-order valence-corrected chi connectivity index (χ3v) is 5.64. The molecule has 0 aliphatic rings. The van der Waals surface area contributed by atoms with Crippen molar-refractivity contribution in [2.45, 2.75) is 58.9 Å². The van der Waals surface area contributed by atoms with Gasteiger partial charge in [-0.3, -0.25) is 0 Å². The van der Waals surface area contributed by atoms with Crippen LogP contribution in [-0.2, 0) is 0 Å². The van der Waals surface area contributed by atoms with Gasteiger partial charge in [-0.1, -0.05) is 76.7 Å². The molecule has 4 heteroatoms. The number of rotatable bonds is 1. The first-order chi connectivity index (χ1) is 11.7. The lowest BCUT2D eigenvalue weighted by Crippen LogP contribution is -2.17. The number of hydrogen-bond donors (Lipinski definition) is 0. The molecule has 0 fully saturated rings. The van der Waals surface area contributed by atoms with Crippen molar-refractivity contribution in [2.24, 2.45) is 0 Å². The average Bonchev–Trinajstić information content (AvgIpc) is 2.46. The van der Waals surface area contributed by atoms with E-state index in [1.165, 1.54) is 0 Å². The maximum absolute atomic E-state index is 5.69.